The molecule has 2 aromatic rings. The normalized spacial score (nSPS) is 17.8. The van der Waals surface area contributed by atoms with Crippen LogP contribution in [0.15, 0.2) is 27.6 Å². The molecule has 1 aromatic heterocycles. The van der Waals surface area contributed by atoms with Crippen LogP contribution in [0.25, 0.3) is 0 Å². The van der Waals surface area contributed by atoms with E-state index in [2.05, 4.69) is 22.0 Å². The Hall–Kier alpha value is -1.93. The highest BCUT2D eigenvalue weighted by atomic mass is 32.2. The molecule has 0 radical (unpaired) electrons. The third kappa shape index (κ3) is 3.09. The maximum absolute atomic E-state index is 11.5. The fourth-order valence-electron chi connectivity index (χ4n) is 2.81. The number of aromatic nitrogens is 2. The first-order chi connectivity index (χ1) is 10.8. The SMILES string of the molecule is CC(C)c1nc(CN2c3ccc(S(N)(=O)=O)cc3CC2C)no1. The van der Waals surface area contributed by atoms with Crippen molar-refractivity contribution in [1.82, 2.24) is 10.1 Å². The largest absolute Gasteiger partial charge is 0.361 e. The van der Waals surface area contributed by atoms with Crippen LogP contribution >= 0.6 is 0 Å². The van der Waals surface area contributed by atoms with E-state index in [1.807, 2.05) is 13.8 Å². The smallest absolute Gasteiger partial charge is 0.238 e. The van der Waals surface area contributed by atoms with Crippen molar-refractivity contribution in [3.05, 3.63) is 35.5 Å². The summed E-state index contributed by atoms with van der Waals surface area (Å²) in [7, 11) is -3.68. The van der Waals surface area contributed by atoms with E-state index in [1.54, 1.807) is 12.1 Å². The molecule has 124 valence electrons. The Morgan fingerprint density at radius 3 is 2.78 bits per heavy atom. The average Bonchev–Trinajstić information content (AvgIpc) is 3.03. The van der Waals surface area contributed by atoms with Gasteiger partial charge in [0.1, 0.15) is 0 Å². The van der Waals surface area contributed by atoms with E-state index >= 15 is 0 Å². The zero-order valence-corrected chi connectivity index (χ0v) is 14.2. The quantitative estimate of drug-likeness (QED) is 0.913. The minimum Gasteiger partial charge on any atom is -0.361 e. The monoisotopic (exact) mass is 336 g/mol. The number of anilines is 1. The summed E-state index contributed by atoms with van der Waals surface area (Å²) in [6, 6.07) is 5.20. The Kier molecular flexibility index (Phi) is 3.89. The molecule has 0 aliphatic carbocycles. The predicted molar refractivity (Wildman–Crippen MR) is 85.6 cm³/mol. The lowest BCUT2D eigenvalue weighted by atomic mass is 10.1. The molecule has 2 N–H and O–H groups in total. The van der Waals surface area contributed by atoms with E-state index in [0.717, 1.165) is 17.7 Å². The van der Waals surface area contributed by atoms with Gasteiger partial charge in [0, 0.05) is 17.6 Å². The van der Waals surface area contributed by atoms with Gasteiger partial charge in [-0.05, 0) is 37.1 Å². The van der Waals surface area contributed by atoms with Gasteiger partial charge in [0.25, 0.3) is 0 Å². The molecule has 0 fully saturated rings. The second-order valence-electron chi connectivity index (χ2n) is 6.22. The van der Waals surface area contributed by atoms with Gasteiger partial charge in [0.2, 0.25) is 15.9 Å². The topological polar surface area (TPSA) is 102 Å². The highest BCUT2D eigenvalue weighted by Crippen LogP contribution is 2.34. The standard InChI is InChI=1S/C15H20N4O3S/c1-9(2)15-17-14(18-22-15)8-19-10(3)6-11-7-12(23(16,20)21)4-5-13(11)19/h4-5,7,9-10H,6,8H2,1-3H3,(H2,16,20,21). The van der Waals surface area contributed by atoms with Crippen molar-refractivity contribution in [2.24, 2.45) is 5.14 Å². The minimum atomic E-state index is -3.68. The van der Waals surface area contributed by atoms with Gasteiger partial charge in [0.05, 0.1) is 11.4 Å². The summed E-state index contributed by atoms with van der Waals surface area (Å²) in [5, 5.41) is 9.22. The van der Waals surface area contributed by atoms with Crippen LogP contribution < -0.4 is 10.0 Å². The Morgan fingerprint density at radius 1 is 1.43 bits per heavy atom. The molecule has 0 saturated heterocycles. The molecule has 0 spiro atoms. The lowest BCUT2D eigenvalue weighted by molar-refractivity contribution is 0.360. The molecule has 3 rings (SSSR count). The summed E-state index contributed by atoms with van der Waals surface area (Å²) < 4.78 is 28.2. The van der Waals surface area contributed by atoms with Gasteiger partial charge in [-0.15, -0.1) is 0 Å². The molecule has 1 aliphatic rings. The summed E-state index contributed by atoms with van der Waals surface area (Å²) in [5.41, 5.74) is 1.96. The van der Waals surface area contributed by atoms with Gasteiger partial charge in [-0.1, -0.05) is 19.0 Å². The molecule has 0 saturated carbocycles. The van der Waals surface area contributed by atoms with Crippen LogP contribution in [0.5, 0.6) is 0 Å². The number of nitrogens with zero attached hydrogens (tertiary/aromatic N) is 3. The van der Waals surface area contributed by atoms with Crippen molar-refractivity contribution in [2.75, 3.05) is 4.90 Å². The van der Waals surface area contributed by atoms with Crippen molar-refractivity contribution in [2.45, 2.75) is 50.6 Å². The molecule has 1 unspecified atom stereocenters. The van der Waals surface area contributed by atoms with Crippen LogP contribution in [0.4, 0.5) is 5.69 Å². The summed E-state index contributed by atoms with van der Waals surface area (Å²) in [4.78, 5) is 6.70. The van der Waals surface area contributed by atoms with Crippen molar-refractivity contribution < 1.29 is 12.9 Å². The molecule has 2 heterocycles. The Bertz CT molecular complexity index is 829. The zero-order chi connectivity index (χ0) is 16.8. The van der Waals surface area contributed by atoms with Crippen LogP contribution in [-0.2, 0) is 23.0 Å². The van der Waals surface area contributed by atoms with E-state index in [4.69, 9.17) is 9.66 Å². The highest BCUT2D eigenvalue weighted by molar-refractivity contribution is 7.89. The van der Waals surface area contributed by atoms with Gasteiger partial charge in [0.15, 0.2) is 5.82 Å². The van der Waals surface area contributed by atoms with Crippen LogP contribution in [0, 0.1) is 0 Å². The van der Waals surface area contributed by atoms with Crippen molar-refractivity contribution in [3.8, 4) is 0 Å². The maximum atomic E-state index is 11.5. The third-order valence-electron chi connectivity index (χ3n) is 4.03. The van der Waals surface area contributed by atoms with Gasteiger partial charge >= 0.3 is 0 Å². The predicted octanol–water partition coefficient (Wildman–Crippen LogP) is 1.79. The number of benzene rings is 1. The van der Waals surface area contributed by atoms with Crippen LogP contribution in [0.3, 0.4) is 0 Å². The number of hydrogen-bond donors (Lipinski definition) is 1. The van der Waals surface area contributed by atoms with Gasteiger partial charge < -0.3 is 9.42 Å². The van der Waals surface area contributed by atoms with E-state index in [1.165, 1.54) is 6.07 Å². The molecule has 1 atom stereocenters. The fourth-order valence-corrected chi connectivity index (χ4v) is 3.37. The molecule has 8 heteroatoms. The first-order valence-corrected chi connectivity index (χ1v) is 9.05. The van der Waals surface area contributed by atoms with Gasteiger partial charge in [-0.25, -0.2) is 13.6 Å². The number of nitrogens with two attached hydrogens (primary N) is 1. The second kappa shape index (κ2) is 5.61. The minimum absolute atomic E-state index is 0.145. The molecule has 1 aromatic carbocycles. The average molecular weight is 336 g/mol. The van der Waals surface area contributed by atoms with Crippen molar-refractivity contribution >= 4 is 15.7 Å². The Morgan fingerprint density at radius 2 is 2.17 bits per heavy atom. The second-order valence-corrected chi connectivity index (χ2v) is 7.78. The highest BCUT2D eigenvalue weighted by Gasteiger charge is 2.28. The summed E-state index contributed by atoms with van der Waals surface area (Å²) >= 11 is 0. The molecule has 0 amide bonds. The van der Waals surface area contributed by atoms with Gasteiger partial charge in [-0.3, -0.25) is 0 Å². The van der Waals surface area contributed by atoms with Crippen molar-refractivity contribution in [3.63, 3.8) is 0 Å². The van der Waals surface area contributed by atoms with E-state index in [-0.39, 0.29) is 16.9 Å². The lowest BCUT2D eigenvalue weighted by Gasteiger charge is -2.23. The van der Waals surface area contributed by atoms with E-state index < -0.39 is 10.0 Å². The molecular formula is C15H20N4O3S. The molecule has 7 nitrogen and oxygen atoms in total. The summed E-state index contributed by atoms with van der Waals surface area (Å²) in [6.07, 6.45) is 0.758. The van der Waals surface area contributed by atoms with E-state index in [0.29, 0.717) is 18.3 Å². The first-order valence-electron chi connectivity index (χ1n) is 7.50. The molecular weight excluding hydrogens is 316 g/mol. The molecule has 0 bridgehead atoms. The Labute approximate surface area is 135 Å². The third-order valence-corrected chi connectivity index (χ3v) is 4.94. The lowest BCUT2D eigenvalue weighted by Crippen LogP contribution is -2.29. The van der Waals surface area contributed by atoms with Crippen molar-refractivity contribution in [1.29, 1.82) is 0 Å². The number of hydrogen-bond acceptors (Lipinski definition) is 6. The first kappa shape index (κ1) is 15.9. The maximum Gasteiger partial charge on any atom is 0.238 e. The fraction of sp³-hybridized carbons (Fsp3) is 0.467. The van der Waals surface area contributed by atoms with Crippen LogP contribution in [0.1, 0.15) is 44.0 Å². The van der Waals surface area contributed by atoms with Crippen LogP contribution in [0.2, 0.25) is 0 Å². The van der Waals surface area contributed by atoms with Crippen LogP contribution in [-0.4, -0.2) is 24.6 Å². The molecule has 23 heavy (non-hydrogen) atoms. The number of rotatable bonds is 4. The number of fused-ring (bicyclic) bond motifs is 1. The van der Waals surface area contributed by atoms with E-state index in [9.17, 15) is 8.42 Å². The number of primary sulfonamides is 1. The van der Waals surface area contributed by atoms with Gasteiger partial charge in [-0.2, -0.15) is 4.98 Å². The number of sulfonamides is 1. The molecule has 1 aliphatic heterocycles. The summed E-state index contributed by atoms with van der Waals surface area (Å²) in [6.45, 7) is 6.61. The Balaban J connectivity index is 1.88. The summed E-state index contributed by atoms with van der Waals surface area (Å²) in [5.74, 6) is 1.44. The zero-order valence-electron chi connectivity index (χ0n) is 13.4.